The van der Waals surface area contributed by atoms with Crippen LogP contribution < -0.4 is 5.32 Å². The van der Waals surface area contributed by atoms with E-state index in [0.717, 1.165) is 38.5 Å². The van der Waals surface area contributed by atoms with Crippen LogP contribution in [0.5, 0.6) is 0 Å². The number of amides is 1. The van der Waals surface area contributed by atoms with Crippen molar-refractivity contribution in [2.24, 2.45) is 5.92 Å². The van der Waals surface area contributed by atoms with Crippen LogP contribution >= 0.6 is 0 Å². The average Bonchev–Trinajstić information content (AvgIpc) is 2.63. The molecule has 0 bridgehead atoms. The zero-order valence-corrected chi connectivity index (χ0v) is 10.5. The Balaban J connectivity index is 1.88. The monoisotopic (exact) mass is 241 g/mol. The minimum absolute atomic E-state index is 0.0120. The Labute approximate surface area is 103 Å². The summed E-state index contributed by atoms with van der Waals surface area (Å²) >= 11 is 0. The molecule has 4 heteroatoms. The molecule has 0 aromatic rings. The van der Waals surface area contributed by atoms with Crippen molar-refractivity contribution in [2.45, 2.75) is 63.7 Å². The Morgan fingerprint density at radius 3 is 2.71 bits per heavy atom. The number of aliphatic hydroxyl groups excluding tert-OH is 1. The highest BCUT2D eigenvalue weighted by Gasteiger charge is 2.33. The highest BCUT2D eigenvalue weighted by atomic mass is 16.5. The minimum Gasteiger partial charge on any atom is -0.391 e. The van der Waals surface area contributed by atoms with Crippen molar-refractivity contribution in [3.05, 3.63) is 0 Å². The molecule has 1 saturated carbocycles. The van der Waals surface area contributed by atoms with Crippen LogP contribution in [0.15, 0.2) is 0 Å². The van der Waals surface area contributed by atoms with E-state index in [1.54, 1.807) is 0 Å². The van der Waals surface area contributed by atoms with Crippen LogP contribution in [-0.4, -0.2) is 35.9 Å². The van der Waals surface area contributed by atoms with Gasteiger partial charge in [-0.2, -0.15) is 0 Å². The fourth-order valence-electron chi connectivity index (χ4n) is 2.82. The smallest absolute Gasteiger partial charge is 0.226 e. The number of carbonyl (C=O) groups is 1. The topological polar surface area (TPSA) is 58.6 Å². The predicted octanol–water partition coefficient (Wildman–Crippen LogP) is 1.22. The number of hydrogen-bond acceptors (Lipinski definition) is 3. The molecule has 1 aliphatic carbocycles. The van der Waals surface area contributed by atoms with Gasteiger partial charge in [-0.05, 0) is 26.2 Å². The van der Waals surface area contributed by atoms with Gasteiger partial charge in [-0.25, -0.2) is 0 Å². The molecule has 1 amide bonds. The summed E-state index contributed by atoms with van der Waals surface area (Å²) in [7, 11) is 0. The molecule has 17 heavy (non-hydrogen) atoms. The number of rotatable bonds is 2. The van der Waals surface area contributed by atoms with Crippen molar-refractivity contribution in [3.63, 3.8) is 0 Å². The van der Waals surface area contributed by atoms with Crippen molar-refractivity contribution < 1.29 is 14.6 Å². The van der Waals surface area contributed by atoms with E-state index in [1.807, 2.05) is 6.92 Å². The summed E-state index contributed by atoms with van der Waals surface area (Å²) in [5, 5.41) is 13.0. The lowest BCUT2D eigenvalue weighted by atomic mass is 9.99. The second-order valence-corrected chi connectivity index (χ2v) is 5.29. The first-order valence-corrected chi connectivity index (χ1v) is 6.78. The fourth-order valence-corrected chi connectivity index (χ4v) is 2.82. The Kier molecular flexibility index (Phi) is 4.40. The van der Waals surface area contributed by atoms with Crippen LogP contribution in [0.25, 0.3) is 0 Å². The van der Waals surface area contributed by atoms with Crippen LogP contribution in [0.2, 0.25) is 0 Å². The SMILES string of the molecule is CC1OCCC1C(=O)NC1CCCCCC1O. The number of carbonyl (C=O) groups excluding carboxylic acids is 1. The van der Waals surface area contributed by atoms with Gasteiger partial charge in [0.2, 0.25) is 5.91 Å². The third-order valence-electron chi connectivity index (χ3n) is 4.02. The van der Waals surface area contributed by atoms with E-state index >= 15 is 0 Å². The number of ether oxygens (including phenoxy) is 1. The number of aliphatic hydroxyl groups is 1. The Morgan fingerprint density at radius 2 is 2.00 bits per heavy atom. The molecule has 0 aromatic heterocycles. The van der Waals surface area contributed by atoms with E-state index in [9.17, 15) is 9.90 Å². The fraction of sp³-hybridized carbons (Fsp3) is 0.923. The van der Waals surface area contributed by atoms with Crippen molar-refractivity contribution >= 4 is 5.91 Å². The molecule has 2 aliphatic rings. The molecule has 4 unspecified atom stereocenters. The molecule has 0 radical (unpaired) electrons. The molecule has 1 saturated heterocycles. The second kappa shape index (κ2) is 5.83. The average molecular weight is 241 g/mol. The van der Waals surface area contributed by atoms with Gasteiger partial charge in [0, 0.05) is 6.61 Å². The van der Waals surface area contributed by atoms with Gasteiger partial charge in [-0.3, -0.25) is 4.79 Å². The van der Waals surface area contributed by atoms with E-state index in [0.29, 0.717) is 6.61 Å². The zero-order chi connectivity index (χ0) is 12.3. The maximum absolute atomic E-state index is 12.1. The van der Waals surface area contributed by atoms with E-state index in [2.05, 4.69) is 5.32 Å². The van der Waals surface area contributed by atoms with E-state index in [4.69, 9.17) is 4.74 Å². The summed E-state index contributed by atoms with van der Waals surface area (Å²) in [5.74, 6) is 0.0198. The van der Waals surface area contributed by atoms with Gasteiger partial charge < -0.3 is 15.2 Å². The first kappa shape index (κ1) is 12.8. The minimum atomic E-state index is -0.376. The molecule has 2 N–H and O–H groups in total. The number of hydrogen-bond donors (Lipinski definition) is 2. The third-order valence-corrected chi connectivity index (χ3v) is 4.02. The normalized spacial score (nSPS) is 38.7. The molecular weight excluding hydrogens is 218 g/mol. The lowest BCUT2D eigenvalue weighted by molar-refractivity contribution is -0.128. The lowest BCUT2D eigenvalue weighted by Gasteiger charge is -2.24. The molecule has 1 heterocycles. The van der Waals surface area contributed by atoms with Gasteiger partial charge in [0.1, 0.15) is 0 Å². The Morgan fingerprint density at radius 1 is 1.24 bits per heavy atom. The molecule has 4 atom stereocenters. The lowest BCUT2D eigenvalue weighted by Crippen LogP contribution is -2.46. The summed E-state index contributed by atoms with van der Waals surface area (Å²) in [4.78, 5) is 12.1. The molecule has 2 rings (SSSR count). The molecule has 1 aliphatic heterocycles. The highest BCUT2D eigenvalue weighted by Crippen LogP contribution is 2.23. The van der Waals surface area contributed by atoms with Gasteiger partial charge in [-0.15, -0.1) is 0 Å². The first-order valence-electron chi connectivity index (χ1n) is 6.78. The van der Waals surface area contributed by atoms with Crippen molar-refractivity contribution in [2.75, 3.05) is 6.61 Å². The Bertz CT molecular complexity index is 269. The van der Waals surface area contributed by atoms with Crippen molar-refractivity contribution in [1.82, 2.24) is 5.32 Å². The highest BCUT2D eigenvalue weighted by molar-refractivity contribution is 5.79. The van der Waals surface area contributed by atoms with Crippen molar-refractivity contribution in [3.8, 4) is 0 Å². The van der Waals surface area contributed by atoms with E-state index in [-0.39, 0.29) is 30.1 Å². The van der Waals surface area contributed by atoms with Crippen molar-refractivity contribution in [1.29, 1.82) is 0 Å². The maximum atomic E-state index is 12.1. The van der Waals surface area contributed by atoms with Crippen LogP contribution in [0.4, 0.5) is 0 Å². The molecule has 4 nitrogen and oxygen atoms in total. The van der Waals surface area contributed by atoms with Crippen LogP contribution in [0.3, 0.4) is 0 Å². The molecule has 2 fully saturated rings. The van der Waals surface area contributed by atoms with E-state index in [1.165, 1.54) is 0 Å². The van der Waals surface area contributed by atoms with Gasteiger partial charge in [0.25, 0.3) is 0 Å². The zero-order valence-electron chi connectivity index (χ0n) is 10.5. The van der Waals surface area contributed by atoms with Crippen LogP contribution in [0, 0.1) is 5.92 Å². The van der Waals surface area contributed by atoms with Gasteiger partial charge in [-0.1, -0.05) is 19.3 Å². The van der Waals surface area contributed by atoms with Crippen LogP contribution in [0.1, 0.15) is 45.4 Å². The Hall–Kier alpha value is -0.610. The quantitative estimate of drug-likeness (QED) is 0.715. The standard InChI is InChI=1S/C13H23NO3/c1-9-10(7-8-17-9)13(16)14-11-5-3-2-4-6-12(11)15/h9-12,15H,2-8H2,1H3,(H,14,16). The summed E-state index contributed by atoms with van der Waals surface area (Å²) in [6.45, 7) is 2.62. The van der Waals surface area contributed by atoms with Gasteiger partial charge in [0.05, 0.1) is 24.2 Å². The third kappa shape index (κ3) is 3.19. The largest absolute Gasteiger partial charge is 0.391 e. The maximum Gasteiger partial charge on any atom is 0.226 e. The van der Waals surface area contributed by atoms with Gasteiger partial charge >= 0.3 is 0 Å². The molecule has 0 spiro atoms. The van der Waals surface area contributed by atoms with E-state index < -0.39 is 0 Å². The summed E-state index contributed by atoms with van der Waals surface area (Å²) < 4.78 is 5.40. The number of nitrogens with one attached hydrogen (secondary N) is 1. The summed E-state index contributed by atoms with van der Waals surface area (Å²) in [6.07, 6.45) is 5.46. The summed E-state index contributed by atoms with van der Waals surface area (Å²) in [6, 6.07) is -0.0576. The second-order valence-electron chi connectivity index (χ2n) is 5.29. The molecular formula is C13H23NO3. The predicted molar refractivity (Wildman–Crippen MR) is 64.5 cm³/mol. The molecule has 98 valence electrons. The first-order chi connectivity index (χ1) is 8.18. The molecule has 0 aromatic carbocycles. The summed E-state index contributed by atoms with van der Waals surface area (Å²) in [5.41, 5.74) is 0. The van der Waals surface area contributed by atoms with Gasteiger partial charge in [0.15, 0.2) is 0 Å². The van der Waals surface area contributed by atoms with Crippen LogP contribution in [-0.2, 0) is 9.53 Å².